The van der Waals surface area contributed by atoms with E-state index in [9.17, 15) is 9.90 Å². The highest BCUT2D eigenvalue weighted by molar-refractivity contribution is 5.72. The zero-order valence-corrected chi connectivity index (χ0v) is 11.9. The van der Waals surface area contributed by atoms with E-state index in [0.29, 0.717) is 0 Å². The quantitative estimate of drug-likeness (QED) is 0.763. The second-order valence-electron chi connectivity index (χ2n) is 7.11. The summed E-state index contributed by atoms with van der Waals surface area (Å²) in [6.07, 6.45) is 14.3. The van der Waals surface area contributed by atoms with E-state index in [1.54, 1.807) is 0 Å². The number of carbonyl (C=O) groups is 1. The largest absolute Gasteiger partial charge is 0.481 e. The van der Waals surface area contributed by atoms with Crippen LogP contribution in [0.15, 0.2) is 0 Å². The SMILES string of the molecule is O=C(O)C1CCCC23CCCCCCCC1(CC2)N3. The Hall–Kier alpha value is -0.570. The first-order valence-electron chi connectivity index (χ1n) is 8.18. The van der Waals surface area contributed by atoms with Crippen molar-refractivity contribution >= 4 is 5.97 Å². The van der Waals surface area contributed by atoms with Crippen LogP contribution in [0.1, 0.15) is 77.0 Å². The number of hydrogen-bond donors (Lipinski definition) is 2. The number of nitrogens with one attached hydrogen (secondary N) is 1. The number of aliphatic carboxylic acids is 1. The van der Waals surface area contributed by atoms with E-state index in [0.717, 1.165) is 25.7 Å². The third-order valence-electron chi connectivity index (χ3n) is 5.96. The van der Waals surface area contributed by atoms with Gasteiger partial charge in [0.2, 0.25) is 0 Å². The van der Waals surface area contributed by atoms with Crippen molar-refractivity contribution in [3.8, 4) is 0 Å². The normalized spacial score (nSPS) is 43.5. The molecule has 3 heteroatoms. The molecule has 0 aromatic rings. The molecule has 3 aliphatic rings. The van der Waals surface area contributed by atoms with Gasteiger partial charge in [0.05, 0.1) is 5.92 Å². The Bertz CT molecular complexity index is 357. The van der Waals surface area contributed by atoms with E-state index in [-0.39, 0.29) is 17.0 Å². The minimum atomic E-state index is -0.567. The van der Waals surface area contributed by atoms with E-state index in [2.05, 4.69) is 5.32 Å². The van der Waals surface area contributed by atoms with Gasteiger partial charge in [-0.25, -0.2) is 0 Å². The van der Waals surface area contributed by atoms with Crippen LogP contribution in [0.5, 0.6) is 0 Å². The van der Waals surface area contributed by atoms with Crippen LogP contribution in [0.2, 0.25) is 0 Å². The van der Waals surface area contributed by atoms with Crippen molar-refractivity contribution in [1.29, 1.82) is 0 Å². The number of hydrogen-bond acceptors (Lipinski definition) is 2. The van der Waals surface area contributed by atoms with Gasteiger partial charge in [0, 0.05) is 11.1 Å². The molecule has 3 unspecified atom stereocenters. The first kappa shape index (κ1) is 13.4. The summed E-state index contributed by atoms with van der Waals surface area (Å²) in [5, 5.41) is 13.5. The lowest BCUT2D eigenvalue weighted by atomic mass is 9.75. The predicted molar refractivity (Wildman–Crippen MR) is 75.1 cm³/mol. The standard InChI is InChI=1S/C16H27NO2/c18-14(19)13-7-6-9-15-8-4-2-1-3-5-10-16(13,17-15)12-11-15/h13,17H,1-12H2,(H,18,19). The second-order valence-corrected chi connectivity index (χ2v) is 7.11. The Morgan fingerprint density at radius 1 is 0.895 bits per heavy atom. The lowest BCUT2D eigenvalue weighted by Gasteiger charge is -2.38. The van der Waals surface area contributed by atoms with Gasteiger partial charge in [0.25, 0.3) is 0 Å². The average molecular weight is 265 g/mol. The fraction of sp³-hybridized carbons (Fsp3) is 0.938. The zero-order valence-electron chi connectivity index (χ0n) is 11.9. The van der Waals surface area contributed by atoms with Gasteiger partial charge in [0.15, 0.2) is 0 Å². The molecule has 3 nitrogen and oxygen atoms in total. The third kappa shape index (κ3) is 2.42. The molecule has 108 valence electrons. The highest BCUT2D eigenvalue weighted by Gasteiger charge is 2.54. The van der Waals surface area contributed by atoms with E-state index < -0.39 is 5.97 Å². The Labute approximate surface area is 116 Å². The predicted octanol–water partition coefficient (Wildman–Crippen LogP) is 3.48. The molecule has 0 aliphatic carbocycles. The molecule has 3 aliphatic heterocycles. The monoisotopic (exact) mass is 265 g/mol. The van der Waals surface area contributed by atoms with Crippen molar-refractivity contribution in [2.45, 2.75) is 88.1 Å². The van der Waals surface area contributed by atoms with Gasteiger partial charge < -0.3 is 10.4 Å². The smallest absolute Gasteiger partial charge is 0.308 e. The minimum Gasteiger partial charge on any atom is -0.481 e. The van der Waals surface area contributed by atoms with Crippen molar-refractivity contribution in [1.82, 2.24) is 5.32 Å². The summed E-state index contributed by atoms with van der Waals surface area (Å²) in [5.41, 5.74) is 0.196. The summed E-state index contributed by atoms with van der Waals surface area (Å²) in [4.78, 5) is 11.7. The number of carboxylic acid groups (broad SMARTS) is 1. The summed E-state index contributed by atoms with van der Waals surface area (Å²) >= 11 is 0. The Morgan fingerprint density at radius 3 is 2.37 bits per heavy atom. The van der Waals surface area contributed by atoms with Crippen LogP contribution in [0.3, 0.4) is 0 Å². The summed E-state index contributed by atoms with van der Waals surface area (Å²) in [6.45, 7) is 0. The van der Waals surface area contributed by atoms with Crippen LogP contribution in [-0.4, -0.2) is 22.2 Å². The van der Waals surface area contributed by atoms with Crippen molar-refractivity contribution in [3.63, 3.8) is 0 Å². The topological polar surface area (TPSA) is 49.3 Å². The van der Waals surface area contributed by atoms with Crippen molar-refractivity contribution < 1.29 is 9.90 Å². The molecule has 0 amide bonds. The molecule has 2 bridgehead atoms. The van der Waals surface area contributed by atoms with E-state index in [1.165, 1.54) is 51.4 Å². The maximum Gasteiger partial charge on any atom is 0.308 e. The molecule has 3 heterocycles. The molecule has 3 atom stereocenters. The summed E-state index contributed by atoms with van der Waals surface area (Å²) in [6, 6.07) is 0. The van der Waals surface area contributed by atoms with Gasteiger partial charge in [-0.05, 0) is 38.5 Å². The lowest BCUT2D eigenvalue weighted by Crippen LogP contribution is -2.54. The van der Waals surface area contributed by atoms with Gasteiger partial charge in [-0.1, -0.05) is 38.5 Å². The van der Waals surface area contributed by atoms with E-state index in [1.807, 2.05) is 0 Å². The summed E-state index contributed by atoms with van der Waals surface area (Å²) in [5.74, 6) is -0.724. The van der Waals surface area contributed by atoms with Gasteiger partial charge in [0.1, 0.15) is 0 Å². The molecule has 0 saturated carbocycles. The van der Waals surface area contributed by atoms with Gasteiger partial charge in [-0.2, -0.15) is 0 Å². The van der Waals surface area contributed by atoms with Gasteiger partial charge >= 0.3 is 5.97 Å². The zero-order chi connectivity index (χ0) is 13.3. The molecule has 3 saturated heterocycles. The molecule has 3 rings (SSSR count). The first-order valence-corrected chi connectivity index (χ1v) is 8.18. The van der Waals surface area contributed by atoms with E-state index in [4.69, 9.17) is 0 Å². The highest BCUT2D eigenvalue weighted by atomic mass is 16.4. The van der Waals surface area contributed by atoms with Crippen LogP contribution in [-0.2, 0) is 4.79 Å². The van der Waals surface area contributed by atoms with Gasteiger partial charge in [-0.15, -0.1) is 0 Å². The average Bonchev–Trinajstić information content (AvgIpc) is 2.63. The van der Waals surface area contributed by atoms with Crippen molar-refractivity contribution in [2.24, 2.45) is 5.92 Å². The fourth-order valence-electron chi connectivity index (χ4n) is 4.95. The Morgan fingerprint density at radius 2 is 1.58 bits per heavy atom. The fourth-order valence-corrected chi connectivity index (χ4v) is 4.95. The van der Waals surface area contributed by atoms with Crippen LogP contribution in [0.25, 0.3) is 0 Å². The Kier molecular flexibility index (Phi) is 3.59. The molecule has 0 spiro atoms. The molecule has 3 fully saturated rings. The molecule has 2 N–H and O–H groups in total. The van der Waals surface area contributed by atoms with Crippen molar-refractivity contribution in [2.75, 3.05) is 0 Å². The molecular weight excluding hydrogens is 238 g/mol. The molecule has 0 aromatic heterocycles. The molecule has 0 aromatic carbocycles. The second kappa shape index (κ2) is 5.08. The summed E-state index contributed by atoms with van der Waals surface area (Å²) in [7, 11) is 0. The first-order chi connectivity index (χ1) is 9.16. The number of carboxylic acids is 1. The molecule has 19 heavy (non-hydrogen) atoms. The molecule has 0 radical (unpaired) electrons. The maximum atomic E-state index is 11.7. The minimum absolute atomic E-state index is 0.0837. The highest BCUT2D eigenvalue weighted by Crippen LogP contribution is 2.48. The van der Waals surface area contributed by atoms with Crippen LogP contribution in [0, 0.1) is 5.92 Å². The van der Waals surface area contributed by atoms with Crippen LogP contribution < -0.4 is 5.32 Å². The lowest BCUT2D eigenvalue weighted by molar-refractivity contribution is -0.145. The van der Waals surface area contributed by atoms with Crippen LogP contribution >= 0.6 is 0 Å². The van der Waals surface area contributed by atoms with E-state index >= 15 is 0 Å². The van der Waals surface area contributed by atoms with Crippen molar-refractivity contribution in [3.05, 3.63) is 0 Å². The summed E-state index contributed by atoms with van der Waals surface area (Å²) < 4.78 is 0. The Balaban J connectivity index is 1.90. The van der Waals surface area contributed by atoms with Crippen LogP contribution in [0.4, 0.5) is 0 Å². The van der Waals surface area contributed by atoms with Gasteiger partial charge in [-0.3, -0.25) is 4.79 Å². The molecular formula is C16H27NO2. The maximum absolute atomic E-state index is 11.7. The number of rotatable bonds is 1. The third-order valence-corrected chi connectivity index (χ3v) is 5.96.